The van der Waals surface area contributed by atoms with Crippen molar-refractivity contribution in [3.63, 3.8) is 0 Å². The molecule has 0 bridgehead atoms. The van der Waals surface area contributed by atoms with E-state index in [-0.39, 0.29) is 22.9 Å². The van der Waals surface area contributed by atoms with Crippen LogP contribution in [0.2, 0.25) is 8.35 Å². The summed E-state index contributed by atoms with van der Waals surface area (Å²) >= 11 is -0.0390. The van der Waals surface area contributed by atoms with Gasteiger partial charge in [-0.25, -0.2) is 0 Å². The van der Waals surface area contributed by atoms with Gasteiger partial charge in [0.25, 0.3) is 0 Å². The summed E-state index contributed by atoms with van der Waals surface area (Å²) in [5.74, 6) is 0. The second-order valence-corrected chi connectivity index (χ2v) is 7.85. The first-order chi connectivity index (χ1) is 4.41. The zero-order valence-electron chi connectivity index (χ0n) is 6.74. The van der Waals surface area contributed by atoms with E-state index in [1.54, 1.807) is 8.35 Å². The topological polar surface area (TPSA) is 0 Å². The Balaban J connectivity index is 2.60. The van der Waals surface area contributed by atoms with Crippen LogP contribution in [0, 0.1) is 0 Å². The van der Waals surface area contributed by atoms with Crippen molar-refractivity contribution in [3.8, 4) is 0 Å². The van der Waals surface area contributed by atoms with E-state index in [0.717, 1.165) is 0 Å². The second-order valence-electron chi connectivity index (χ2n) is 2.46. The van der Waals surface area contributed by atoms with Crippen LogP contribution in [0.3, 0.4) is 0 Å². The molecule has 0 aromatic heterocycles. The zero-order chi connectivity index (χ0) is 6.95. The summed E-state index contributed by atoms with van der Waals surface area (Å²) in [6, 6.07) is 0. The first kappa shape index (κ1) is 9.87. The van der Waals surface area contributed by atoms with Gasteiger partial charge in [0.1, 0.15) is 0 Å². The Morgan fingerprint density at radius 1 is 0.889 bits per heavy atom. The van der Waals surface area contributed by atoms with Crippen molar-refractivity contribution in [2.75, 3.05) is 0 Å². The van der Waals surface area contributed by atoms with Crippen LogP contribution in [-0.4, -0.2) is 0 Å². The van der Waals surface area contributed by atoms with Crippen LogP contribution in [0.1, 0.15) is 39.5 Å². The summed E-state index contributed by atoms with van der Waals surface area (Å²) in [4.78, 5) is 0. The summed E-state index contributed by atoms with van der Waals surface area (Å²) in [6.45, 7) is 4.59. The Kier molecular flexibility index (Phi) is 9.73. The van der Waals surface area contributed by atoms with Gasteiger partial charge in [0.2, 0.25) is 0 Å². The molecule has 0 nitrogen and oxygen atoms in total. The third-order valence-electron chi connectivity index (χ3n) is 1.41. The molecule has 0 aromatic rings. The van der Waals surface area contributed by atoms with Crippen molar-refractivity contribution in [1.82, 2.24) is 0 Å². The van der Waals surface area contributed by atoms with Crippen molar-refractivity contribution in [2.45, 2.75) is 47.9 Å². The maximum atomic E-state index is 2.29. The number of rotatable bonds is 6. The second kappa shape index (κ2) is 8.87. The van der Waals surface area contributed by atoms with Crippen LogP contribution in [-0.2, 0) is 22.9 Å². The number of unbranched alkanes of at least 4 members (excludes halogenated alkanes) is 2. The van der Waals surface area contributed by atoms with Gasteiger partial charge in [-0.3, -0.25) is 0 Å². The predicted octanol–water partition coefficient (Wildman–Crippen LogP) is 3.51. The summed E-state index contributed by atoms with van der Waals surface area (Å²) in [7, 11) is 0. The van der Waals surface area contributed by atoms with Crippen LogP contribution in [0.5, 0.6) is 0 Å². The standard InChI is InChI=1S/2C4H9.Hf/c2*1-3-4-2;/h2*1,3-4H2,2H3;. The van der Waals surface area contributed by atoms with E-state index in [1.165, 1.54) is 25.7 Å². The van der Waals surface area contributed by atoms with Crippen molar-refractivity contribution >= 4 is 0 Å². The summed E-state index contributed by atoms with van der Waals surface area (Å²) < 4.78 is 3.30. The first-order valence-corrected chi connectivity index (χ1v) is 9.20. The van der Waals surface area contributed by atoms with Crippen LogP contribution in [0.4, 0.5) is 0 Å². The number of hydrogen-bond acceptors (Lipinski definition) is 0. The van der Waals surface area contributed by atoms with Crippen LogP contribution >= 0.6 is 0 Å². The molecule has 0 radical (unpaired) electrons. The molecule has 0 spiro atoms. The molecular formula is C8H18Hf. The Hall–Kier alpha value is 0.870. The molecule has 54 valence electrons. The zero-order valence-corrected chi connectivity index (χ0v) is 10.3. The SMILES string of the molecule is CCC[CH2][Hf][CH2]CCC. The van der Waals surface area contributed by atoms with Crippen LogP contribution in [0.15, 0.2) is 0 Å². The molecule has 0 aliphatic heterocycles. The third kappa shape index (κ3) is 8.87. The van der Waals surface area contributed by atoms with Gasteiger partial charge in [-0.15, -0.1) is 0 Å². The molecule has 0 saturated heterocycles. The average molecular weight is 293 g/mol. The van der Waals surface area contributed by atoms with Gasteiger partial charge in [-0.1, -0.05) is 0 Å². The maximum absolute atomic E-state index is 2.29. The average Bonchev–Trinajstić information content (AvgIpc) is 1.89. The van der Waals surface area contributed by atoms with Gasteiger partial charge in [0.15, 0.2) is 0 Å². The van der Waals surface area contributed by atoms with E-state index < -0.39 is 0 Å². The molecule has 0 aromatic carbocycles. The van der Waals surface area contributed by atoms with E-state index in [1.807, 2.05) is 0 Å². The molecule has 0 aliphatic carbocycles. The van der Waals surface area contributed by atoms with Gasteiger partial charge >= 0.3 is 70.8 Å². The monoisotopic (exact) mass is 294 g/mol. The van der Waals surface area contributed by atoms with Crippen molar-refractivity contribution in [1.29, 1.82) is 0 Å². The quantitative estimate of drug-likeness (QED) is 0.519. The minimum absolute atomic E-state index is 0.0390. The molecule has 0 fully saturated rings. The number of hydrogen-bond donors (Lipinski definition) is 0. The molecule has 9 heavy (non-hydrogen) atoms. The van der Waals surface area contributed by atoms with E-state index >= 15 is 0 Å². The molecular weight excluding hydrogens is 275 g/mol. The molecule has 0 N–H and O–H groups in total. The van der Waals surface area contributed by atoms with Crippen LogP contribution in [0.25, 0.3) is 0 Å². The molecule has 0 heterocycles. The van der Waals surface area contributed by atoms with Crippen LogP contribution < -0.4 is 0 Å². The Bertz CT molecular complexity index is 37.8. The minimum atomic E-state index is -0.0390. The Morgan fingerprint density at radius 2 is 1.33 bits per heavy atom. The van der Waals surface area contributed by atoms with Gasteiger partial charge in [-0.2, -0.15) is 0 Å². The van der Waals surface area contributed by atoms with E-state index in [9.17, 15) is 0 Å². The van der Waals surface area contributed by atoms with Crippen molar-refractivity contribution in [2.24, 2.45) is 0 Å². The summed E-state index contributed by atoms with van der Waals surface area (Å²) in [6.07, 6.45) is 5.87. The summed E-state index contributed by atoms with van der Waals surface area (Å²) in [5, 5.41) is 0. The molecule has 0 saturated carbocycles. The van der Waals surface area contributed by atoms with E-state index in [2.05, 4.69) is 13.8 Å². The molecule has 0 amide bonds. The van der Waals surface area contributed by atoms with E-state index in [4.69, 9.17) is 0 Å². The third-order valence-corrected chi connectivity index (χ3v) is 6.50. The van der Waals surface area contributed by atoms with Gasteiger partial charge in [0, 0.05) is 0 Å². The first-order valence-electron chi connectivity index (χ1n) is 4.12. The molecule has 0 unspecified atom stereocenters. The fraction of sp³-hybridized carbons (Fsp3) is 1.00. The molecule has 1 heteroatoms. The van der Waals surface area contributed by atoms with Crippen molar-refractivity contribution < 1.29 is 22.9 Å². The van der Waals surface area contributed by atoms with Gasteiger partial charge < -0.3 is 0 Å². The normalized spacial score (nSPS) is 9.56. The Morgan fingerprint density at radius 3 is 1.67 bits per heavy atom. The Labute approximate surface area is 70.8 Å². The molecule has 0 rings (SSSR count). The predicted molar refractivity (Wildman–Crippen MR) is 39.4 cm³/mol. The van der Waals surface area contributed by atoms with Gasteiger partial charge in [0.05, 0.1) is 0 Å². The molecule has 0 aliphatic rings. The molecule has 0 atom stereocenters. The van der Waals surface area contributed by atoms with Crippen molar-refractivity contribution in [3.05, 3.63) is 0 Å². The summed E-state index contributed by atoms with van der Waals surface area (Å²) in [5.41, 5.74) is 0. The van der Waals surface area contributed by atoms with Gasteiger partial charge in [-0.05, 0) is 0 Å². The fourth-order valence-corrected chi connectivity index (χ4v) is 5.96. The fourth-order valence-electron chi connectivity index (χ4n) is 0.729. The van der Waals surface area contributed by atoms with E-state index in [0.29, 0.717) is 0 Å².